The molecule has 6 rings (SSSR count). The van der Waals surface area contributed by atoms with Gasteiger partial charge in [-0.15, -0.1) is 10.2 Å². The fraction of sp³-hybridized carbons (Fsp3) is 0.273. The maximum atomic E-state index is 11.0. The van der Waals surface area contributed by atoms with Crippen LogP contribution in [0.1, 0.15) is 5.56 Å². The molecule has 0 saturated carbocycles. The van der Waals surface area contributed by atoms with E-state index in [1.165, 1.54) is 0 Å². The third-order valence-corrected chi connectivity index (χ3v) is 6.08. The number of phenolic OH excluding ortho intramolecular Hbond substituents is 1. The Morgan fingerprint density at radius 2 is 1.91 bits per heavy atom. The van der Waals surface area contributed by atoms with E-state index in [1.807, 2.05) is 32.3 Å². The number of aromatic nitrogens is 8. The lowest BCUT2D eigenvalue weighted by atomic mass is 10.0. The van der Waals surface area contributed by atoms with Gasteiger partial charge in [-0.2, -0.15) is 10.3 Å². The lowest BCUT2D eigenvalue weighted by Crippen LogP contribution is -2.43. The summed E-state index contributed by atoms with van der Waals surface area (Å²) in [6.07, 6.45) is 1.91. The summed E-state index contributed by atoms with van der Waals surface area (Å²) in [7, 11) is 1.85. The molecule has 1 aliphatic rings. The number of nitrogens with zero attached hydrogens (tertiary/aromatic N) is 8. The highest BCUT2D eigenvalue weighted by Crippen LogP contribution is 2.37. The molecule has 3 N–H and O–H groups in total. The van der Waals surface area contributed by atoms with Crippen molar-refractivity contribution < 1.29 is 5.11 Å². The Morgan fingerprint density at radius 1 is 1.06 bits per heavy atom. The summed E-state index contributed by atoms with van der Waals surface area (Å²) in [5.74, 6) is 0.875. The van der Waals surface area contributed by atoms with Gasteiger partial charge >= 0.3 is 0 Å². The Bertz CT molecular complexity index is 1480. The normalized spacial score (nSPS) is 14.4. The molecule has 2 aromatic carbocycles. The number of piperazine rings is 1. The highest BCUT2D eigenvalue weighted by Gasteiger charge is 2.21. The van der Waals surface area contributed by atoms with E-state index in [9.17, 15) is 5.11 Å². The minimum Gasteiger partial charge on any atom is -0.507 e. The molecule has 11 nitrogen and oxygen atoms in total. The van der Waals surface area contributed by atoms with Crippen molar-refractivity contribution in [3.05, 3.63) is 36.0 Å². The highest BCUT2D eigenvalue weighted by atomic mass is 16.3. The molecule has 1 aliphatic heterocycles. The van der Waals surface area contributed by atoms with E-state index in [2.05, 4.69) is 48.1 Å². The number of fused-ring (bicyclic) bond motifs is 2. The topological polar surface area (TPSA) is 134 Å². The number of hydrogen-bond donors (Lipinski definition) is 3. The number of anilines is 1. The van der Waals surface area contributed by atoms with Crippen molar-refractivity contribution in [3.63, 3.8) is 0 Å². The van der Waals surface area contributed by atoms with Crippen molar-refractivity contribution in [1.29, 1.82) is 0 Å². The van der Waals surface area contributed by atoms with Gasteiger partial charge in [0.05, 0.1) is 16.6 Å². The minimum atomic E-state index is 0.108. The fourth-order valence-corrected chi connectivity index (χ4v) is 4.40. The Kier molecular flexibility index (Phi) is 4.44. The second-order valence-corrected chi connectivity index (χ2v) is 8.21. The summed E-state index contributed by atoms with van der Waals surface area (Å²) in [4.78, 5) is 11.9. The van der Waals surface area contributed by atoms with Crippen molar-refractivity contribution in [2.45, 2.75) is 6.92 Å². The zero-order valence-corrected chi connectivity index (χ0v) is 18.2. The zero-order chi connectivity index (χ0) is 22.5. The van der Waals surface area contributed by atoms with Gasteiger partial charge in [0.15, 0.2) is 5.82 Å². The van der Waals surface area contributed by atoms with Gasteiger partial charge in [0, 0.05) is 61.4 Å². The van der Waals surface area contributed by atoms with Crippen LogP contribution in [-0.4, -0.2) is 71.7 Å². The number of rotatable bonds is 3. The number of phenols is 1. The molecule has 11 heteroatoms. The first-order valence-corrected chi connectivity index (χ1v) is 10.8. The van der Waals surface area contributed by atoms with Crippen LogP contribution in [0.5, 0.6) is 5.75 Å². The van der Waals surface area contributed by atoms with Gasteiger partial charge in [0.1, 0.15) is 11.4 Å². The van der Waals surface area contributed by atoms with E-state index in [4.69, 9.17) is 9.97 Å². The molecule has 1 saturated heterocycles. The predicted octanol–water partition coefficient (Wildman–Crippen LogP) is 1.79. The molecule has 5 aromatic rings. The van der Waals surface area contributed by atoms with Crippen LogP contribution in [0.4, 0.5) is 5.69 Å². The number of H-pyrrole nitrogens is 1. The van der Waals surface area contributed by atoms with Crippen LogP contribution in [0.3, 0.4) is 0 Å². The van der Waals surface area contributed by atoms with Gasteiger partial charge in [0.25, 0.3) is 0 Å². The van der Waals surface area contributed by atoms with Crippen LogP contribution in [0.25, 0.3) is 44.7 Å². The number of aromatic hydroxyl groups is 1. The average molecular weight is 442 g/mol. The van der Waals surface area contributed by atoms with Crippen molar-refractivity contribution in [3.8, 4) is 28.7 Å². The van der Waals surface area contributed by atoms with Crippen LogP contribution < -0.4 is 10.2 Å². The third kappa shape index (κ3) is 3.24. The van der Waals surface area contributed by atoms with Crippen LogP contribution in [0.2, 0.25) is 0 Å². The Balaban J connectivity index is 1.57. The number of tetrazole rings is 1. The SMILES string of the molecule is Cc1c(O)c(-c2nc(-c3nn[nH]n3)c3cc(N4CCNCC4)ccc3n2)cc2cn(C)nc12. The molecule has 33 heavy (non-hydrogen) atoms. The van der Waals surface area contributed by atoms with E-state index in [1.54, 1.807) is 4.68 Å². The maximum absolute atomic E-state index is 11.0. The number of benzene rings is 2. The first-order chi connectivity index (χ1) is 16.1. The molecule has 0 aliphatic carbocycles. The molecule has 166 valence electrons. The highest BCUT2D eigenvalue weighted by molar-refractivity contribution is 5.96. The predicted molar refractivity (Wildman–Crippen MR) is 124 cm³/mol. The number of hydrogen-bond acceptors (Lipinski definition) is 9. The first kappa shape index (κ1) is 19.6. The van der Waals surface area contributed by atoms with E-state index in [0.717, 1.165) is 53.7 Å². The monoisotopic (exact) mass is 442 g/mol. The summed E-state index contributed by atoms with van der Waals surface area (Å²) in [5.41, 5.74) is 4.36. The van der Waals surface area contributed by atoms with Crippen molar-refractivity contribution >= 4 is 27.5 Å². The van der Waals surface area contributed by atoms with Gasteiger partial charge in [-0.3, -0.25) is 4.68 Å². The van der Waals surface area contributed by atoms with Crippen molar-refractivity contribution in [2.24, 2.45) is 7.05 Å². The minimum absolute atomic E-state index is 0.108. The third-order valence-electron chi connectivity index (χ3n) is 6.08. The molecule has 0 spiro atoms. The molecule has 0 amide bonds. The molecule has 3 aromatic heterocycles. The van der Waals surface area contributed by atoms with E-state index < -0.39 is 0 Å². The first-order valence-electron chi connectivity index (χ1n) is 10.8. The lowest BCUT2D eigenvalue weighted by Gasteiger charge is -2.29. The maximum Gasteiger partial charge on any atom is 0.223 e. The molecule has 1 fully saturated rings. The number of aryl methyl sites for hydroxylation is 2. The summed E-state index contributed by atoms with van der Waals surface area (Å²) >= 11 is 0. The van der Waals surface area contributed by atoms with E-state index in [0.29, 0.717) is 28.5 Å². The van der Waals surface area contributed by atoms with Gasteiger partial charge in [-0.1, -0.05) is 0 Å². The Labute approximate surface area is 188 Å². The van der Waals surface area contributed by atoms with Crippen LogP contribution in [0.15, 0.2) is 30.5 Å². The summed E-state index contributed by atoms with van der Waals surface area (Å²) in [5, 5.41) is 35.1. The standard InChI is InChI=1S/C22H22N10O/c1-12-18-13(11-31(2)28-18)9-16(20(12)33)21-24-17-4-3-14(32-7-5-23-6-8-32)10-15(17)19(25-21)22-26-29-30-27-22/h3-4,9-11,23,33H,5-8H2,1-2H3,(H,26,27,29,30). The summed E-state index contributed by atoms with van der Waals surface area (Å²) in [6.45, 7) is 5.59. The molecular weight excluding hydrogens is 420 g/mol. The van der Waals surface area contributed by atoms with Gasteiger partial charge in [-0.05, 0) is 36.4 Å². The molecular formula is C22H22N10O. The van der Waals surface area contributed by atoms with E-state index >= 15 is 0 Å². The lowest BCUT2D eigenvalue weighted by molar-refractivity contribution is 0.473. The molecule has 0 unspecified atom stereocenters. The fourth-order valence-electron chi connectivity index (χ4n) is 4.40. The van der Waals surface area contributed by atoms with Gasteiger partial charge < -0.3 is 15.3 Å². The Morgan fingerprint density at radius 3 is 2.70 bits per heavy atom. The quantitative estimate of drug-likeness (QED) is 0.382. The molecule has 0 radical (unpaired) electrons. The molecule has 0 atom stereocenters. The average Bonchev–Trinajstić information content (AvgIpc) is 3.51. The summed E-state index contributed by atoms with van der Waals surface area (Å²) < 4.78 is 1.73. The number of aromatic amines is 1. The number of nitrogens with one attached hydrogen (secondary N) is 2. The molecule has 0 bridgehead atoms. The molecule has 4 heterocycles. The van der Waals surface area contributed by atoms with Crippen LogP contribution in [0, 0.1) is 6.92 Å². The smallest absolute Gasteiger partial charge is 0.223 e. The van der Waals surface area contributed by atoms with Crippen LogP contribution in [-0.2, 0) is 7.05 Å². The second kappa shape index (κ2) is 7.48. The van der Waals surface area contributed by atoms with Gasteiger partial charge in [-0.25, -0.2) is 9.97 Å². The largest absolute Gasteiger partial charge is 0.507 e. The second-order valence-electron chi connectivity index (χ2n) is 8.21. The van der Waals surface area contributed by atoms with Crippen LogP contribution >= 0.6 is 0 Å². The zero-order valence-electron chi connectivity index (χ0n) is 18.2. The Hall–Kier alpha value is -4.12. The van der Waals surface area contributed by atoms with Gasteiger partial charge in [0.2, 0.25) is 5.82 Å². The van der Waals surface area contributed by atoms with Crippen molar-refractivity contribution in [1.82, 2.24) is 45.7 Å². The summed E-state index contributed by atoms with van der Waals surface area (Å²) in [6, 6.07) is 7.99. The van der Waals surface area contributed by atoms with E-state index in [-0.39, 0.29) is 5.75 Å². The van der Waals surface area contributed by atoms with Crippen molar-refractivity contribution in [2.75, 3.05) is 31.1 Å².